The fourth-order valence-electron chi connectivity index (χ4n) is 3.69. The summed E-state index contributed by atoms with van der Waals surface area (Å²) in [4.78, 5) is 27.7. The maximum atomic E-state index is 12.3. The molecule has 1 fully saturated rings. The zero-order chi connectivity index (χ0) is 17.6. The molecular formula is C19H28N3O3+. The van der Waals surface area contributed by atoms with E-state index in [0.717, 1.165) is 31.6 Å². The van der Waals surface area contributed by atoms with E-state index in [9.17, 15) is 9.59 Å². The van der Waals surface area contributed by atoms with Crippen molar-refractivity contribution in [3.63, 3.8) is 0 Å². The van der Waals surface area contributed by atoms with Crippen molar-refractivity contribution in [3.8, 4) is 5.75 Å². The van der Waals surface area contributed by atoms with Crippen LogP contribution >= 0.6 is 0 Å². The molecule has 25 heavy (non-hydrogen) atoms. The normalized spacial score (nSPS) is 22.9. The van der Waals surface area contributed by atoms with E-state index in [-0.39, 0.29) is 24.5 Å². The number of fused-ring (bicyclic) bond motifs is 1. The number of quaternary nitrogens is 1. The van der Waals surface area contributed by atoms with Crippen molar-refractivity contribution >= 4 is 17.5 Å². The van der Waals surface area contributed by atoms with Gasteiger partial charge in [0.15, 0.2) is 6.61 Å². The molecule has 0 unspecified atom stereocenters. The highest BCUT2D eigenvalue weighted by Gasteiger charge is 2.26. The number of nitrogens with one attached hydrogen (secondary N) is 2. The average molecular weight is 346 g/mol. The van der Waals surface area contributed by atoms with Gasteiger partial charge in [0.1, 0.15) is 5.75 Å². The number of hydrogen-bond donors (Lipinski definition) is 2. The molecule has 2 aliphatic heterocycles. The summed E-state index contributed by atoms with van der Waals surface area (Å²) >= 11 is 0. The maximum Gasteiger partial charge on any atom is 0.265 e. The van der Waals surface area contributed by atoms with E-state index in [0.29, 0.717) is 18.7 Å². The van der Waals surface area contributed by atoms with Crippen molar-refractivity contribution in [2.45, 2.75) is 38.6 Å². The molecule has 3 rings (SSSR count). The molecule has 6 nitrogen and oxygen atoms in total. The van der Waals surface area contributed by atoms with Gasteiger partial charge in [-0.2, -0.15) is 0 Å². The molecule has 0 aliphatic carbocycles. The first-order valence-corrected chi connectivity index (χ1v) is 9.32. The molecule has 0 saturated carbocycles. The Morgan fingerprint density at radius 3 is 2.84 bits per heavy atom. The van der Waals surface area contributed by atoms with Crippen LogP contribution < -0.4 is 19.9 Å². The van der Waals surface area contributed by atoms with E-state index in [1.54, 1.807) is 9.80 Å². The number of para-hydroxylation sites is 2. The quantitative estimate of drug-likeness (QED) is 0.783. The van der Waals surface area contributed by atoms with Crippen molar-refractivity contribution in [1.82, 2.24) is 5.32 Å². The number of hydrogen-bond acceptors (Lipinski definition) is 3. The zero-order valence-electron chi connectivity index (χ0n) is 14.9. The van der Waals surface area contributed by atoms with E-state index in [2.05, 4.69) is 12.2 Å². The Labute approximate surface area is 149 Å². The van der Waals surface area contributed by atoms with Crippen LogP contribution in [0.2, 0.25) is 0 Å². The largest absolute Gasteiger partial charge is 0.482 e. The van der Waals surface area contributed by atoms with E-state index in [4.69, 9.17) is 4.74 Å². The minimum atomic E-state index is -0.0945. The molecule has 0 bridgehead atoms. The van der Waals surface area contributed by atoms with Crippen molar-refractivity contribution in [2.24, 2.45) is 0 Å². The highest BCUT2D eigenvalue weighted by atomic mass is 16.5. The predicted octanol–water partition coefficient (Wildman–Crippen LogP) is 0.376. The number of carbonyl (C=O) groups excluding carboxylic acids is 2. The van der Waals surface area contributed by atoms with E-state index >= 15 is 0 Å². The van der Waals surface area contributed by atoms with E-state index in [1.165, 1.54) is 13.0 Å². The van der Waals surface area contributed by atoms with Crippen LogP contribution in [0.4, 0.5) is 5.69 Å². The number of benzene rings is 1. The SMILES string of the molecule is CCC[NH+]1CCC(NC(=O)CCN2C(=O)COc3ccccc32)CC1. The summed E-state index contributed by atoms with van der Waals surface area (Å²) in [6.45, 7) is 6.13. The second kappa shape index (κ2) is 8.34. The van der Waals surface area contributed by atoms with Crippen LogP contribution in [0, 0.1) is 0 Å². The first-order chi connectivity index (χ1) is 12.2. The zero-order valence-corrected chi connectivity index (χ0v) is 14.9. The van der Waals surface area contributed by atoms with Crippen LogP contribution in [0.25, 0.3) is 0 Å². The monoisotopic (exact) mass is 346 g/mol. The standard InChI is InChI=1S/C19H27N3O3/c1-2-10-21-11-7-15(8-12-21)20-18(23)9-13-22-16-5-3-4-6-17(16)25-14-19(22)24/h3-6,15H,2,7-14H2,1H3,(H,20,23)/p+1. The number of piperidine rings is 1. The van der Waals surface area contributed by atoms with Crippen molar-refractivity contribution in [3.05, 3.63) is 24.3 Å². The average Bonchev–Trinajstić information content (AvgIpc) is 2.63. The first kappa shape index (κ1) is 17.7. The Balaban J connectivity index is 1.47. The molecule has 6 heteroatoms. The Kier molecular flexibility index (Phi) is 5.91. The molecule has 1 aromatic rings. The third-order valence-electron chi connectivity index (χ3n) is 5.03. The number of rotatable bonds is 6. The Hall–Kier alpha value is -2.08. The fourth-order valence-corrected chi connectivity index (χ4v) is 3.69. The molecule has 1 saturated heterocycles. The highest BCUT2D eigenvalue weighted by molar-refractivity contribution is 5.98. The third kappa shape index (κ3) is 4.51. The predicted molar refractivity (Wildman–Crippen MR) is 95.9 cm³/mol. The van der Waals surface area contributed by atoms with Gasteiger partial charge in [0.25, 0.3) is 5.91 Å². The van der Waals surface area contributed by atoms with E-state index < -0.39 is 0 Å². The molecule has 2 heterocycles. The van der Waals surface area contributed by atoms with Crippen molar-refractivity contribution in [1.29, 1.82) is 0 Å². The number of nitrogens with zero attached hydrogens (tertiary/aromatic N) is 1. The van der Waals surface area contributed by atoms with Crippen LogP contribution in [0.5, 0.6) is 5.75 Å². The van der Waals surface area contributed by atoms with Gasteiger partial charge in [0.2, 0.25) is 5.91 Å². The lowest BCUT2D eigenvalue weighted by atomic mass is 10.0. The van der Waals surface area contributed by atoms with E-state index in [1.807, 2.05) is 24.3 Å². The van der Waals surface area contributed by atoms with Gasteiger partial charge >= 0.3 is 0 Å². The van der Waals surface area contributed by atoms with Gasteiger partial charge in [-0.25, -0.2) is 0 Å². The first-order valence-electron chi connectivity index (χ1n) is 9.32. The second-order valence-electron chi connectivity index (χ2n) is 6.89. The lowest BCUT2D eigenvalue weighted by molar-refractivity contribution is -0.905. The third-order valence-corrected chi connectivity index (χ3v) is 5.03. The molecule has 0 spiro atoms. The van der Waals surface area contributed by atoms with Crippen LogP contribution in [0.3, 0.4) is 0 Å². The molecule has 2 aliphatic rings. The molecular weight excluding hydrogens is 318 g/mol. The van der Waals surface area contributed by atoms with Crippen LogP contribution in [0.15, 0.2) is 24.3 Å². The number of anilines is 1. The number of carbonyl (C=O) groups is 2. The molecule has 2 N–H and O–H groups in total. The molecule has 0 radical (unpaired) electrons. The smallest absolute Gasteiger partial charge is 0.265 e. The molecule has 0 atom stereocenters. The van der Waals surface area contributed by atoms with Gasteiger partial charge in [-0.3, -0.25) is 9.59 Å². The Morgan fingerprint density at radius 1 is 1.32 bits per heavy atom. The van der Waals surface area contributed by atoms with Gasteiger partial charge in [-0.1, -0.05) is 19.1 Å². The molecule has 2 amide bonds. The highest BCUT2D eigenvalue weighted by Crippen LogP contribution is 2.31. The summed E-state index contributed by atoms with van der Waals surface area (Å²) in [5.41, 5.74) is 0.753. The molecule has 1 aromatic carbocycles. The van der Waals surface area contributed by atoms with Gasteiger partial charge in [-0.15, -0.1) is 0 Å². The minimum absolute atomic E-state index is 0.0284. The topological polar surface area (TPSA) is 63.1 Å². The lowest BCUT2D eigenvalue weighted by Gasteiger charge is -2.31. The molecule has 0 aromatic heterocycles. The minimum Gasteiger partial charge on any atom is -0.482 e. The van der Waals surface area contributed by atoms with Gasteiger partial charge in [-0.05, 0) is 18.6 Å². The summed E-state index contributed by atoms with van der Waals surface area (Å²) in [6, 6.07) is 7.74. The summed E-state index contributed by atoms with van der Waals surface area (Å²) < 4.78 is 5.43. The van der Waals surface area contributed by atoms with Crippen LogP contribution in [-0.4, -0.2) is 50.6 Å². The molecule has 136 valence electrons. The van der Waals surface area contributed by atoms with Crippen molar-refractivity contribution in [2.75, 3.05) is 37.7 Å². The van der Waals surface area contributed by atoms with Crippen LogP contribution in [-0.2, 0) is 9.59 Å². The van der Waals surface area contributed by atoms with Crippen molar-refractivity contribution < 1.29 is 19.2 Å². The summed E-state index contributed by atoms with van der Waals surface area (Å²) in [7, 11) is 0. The number of ether oxygens (including phenoxy) is 1. The van der Waals surface area contributed by atoms with Gasteiger partial charge in [0, 0.05) is 31.8 Å². The van der Waals surface area contributed by atoms with Gasteiger partial charge in [0.05, 0.1) is 25.3 Å². The number of likely N-dealkylation sites (tertiary alicyclic amines) is 1. The summed E-state index contributed by atoms with van der Waals surface area (Å²) in [5, 5.41) is 3.14. The summed E-state index contributed by atoms with van der Waals surface area (Å²) in [5.74, 6) is 0.637. The maximum absolute atomic E-state index is 12.3. The Bertz CT molecular complexity index is 612. The fraction of sp³-hybridized carbons (Fsp3) is 0.579. The van der Waals surface area contributed by atoms with Crippen LogP contribution in [0.1, 0.15) is 32.6 Å². The lowest BCUT2D eigenvalue weighted by Crippen LogP contribution is -3.13. The Morgan fingerprint density at radius 2 is 2.08 bits per heavy atom. The second-order valence-corrected chi connectivity index (χ2v) is 6.89. The van der Waals surface area contributed by atoms with Gasteiger partial charge < -0.3 is 19.9 Å². The summed E-state index contributed by atoms with van der Waals surface area (Å²) in [6.07, 6.45) is 3.62. The number of amides is 2.